The van der Waals surface area contributed by atoms with Crippen LogP contribution in [-0.2, 0) is 26.6 Å². The molecule has 2 aromatic carbocycles. The fourth-order valence-electron chi connectivity index (χ4n) is 9.61. The molecule has 0 N–H and O–H groups in total. The van der Waals surface area contributed by atoms with Crippen molar-refractivity contribution in [3.8, 4) is 0 Å². The largest absolute Gasteiger partial charge is 0.298 e. The number of hydrogen-bond acceptors (Lipinski definition) is 1. The van der Waals surface area contributed by atoms with Gasteiger partial charge in [0.05, 0.1) is 27.0 Å². The maximum absolute atomic E-state index is 14.8. The van der Waals surface area contributed by atoms with E-state index < -0.39 is 0 Å². The van der Waals surface area contributed by atoms with Gasteiger partial charge in [0.1, 0.15) is 0 Å². The summed E-state index contributed by atoms with van der Waals surface area (Å²) in [6, 6.07) is 11.7. The van der Waals surface area contributed by atoms with Gasteiger partial charge in [0.15, 0.2) is 17.5 Å². The highest BCUT2D eigenvalue weighted by Gasteiger charge is 2.63. The highest BCUT2D eigenvalue weighted by atomic mass is 16.1. The molecule has 3 aliphatic carbocycles. The van der Waals surface area contributed by atoms with E-state index in [1.165, 1.54) is 76.9 Å². The van der Waals surface area contributed by atoms with E-state index in [-0.39, 0.29) is 21.8 Å². The van der Waals surface area contributed by atoms with E-state index in [2.05, 4.69) is 68.8 Å². The highest BCUT2D eigenvalue weighted by molar-refractivity contribution is 6.13. The second-order valence-electron chi connectivity index (χ2n) is 13.1. The van der Waals surface area contributed by atoms with E-state index in [1.54, 1.807) is 0 Å². The van der Waals surface area contributed by atoms with Crippen LogP contribution in [-0.4, -0.2) is 5.78 Å². The zero-order valence-corrected chi connectivity index (χ0v) is 22.8. The predicted molar refractivity (Wildman–Crippen MR) is 148 cm³/mol. The molecule has 2 saturated carbocycles. The van der Waals surface area contributed by atoms with Gasteiger partial charge in [-0.1, -0.05) is 76.6 Å². The molecule has 3 aromatic rings. The van der Waals surface area contributed by atoms with Crippen molar-refractivity contribution in [1.29, 1.82) is 0 Å². The normalized spacial score (nSPS) is 30.1. The van der Waals surface area contributed by atoms with Crippen molar-refractivity contribution < 1.29 is 9.36 Å². The SMILES string of the molecule is CCC1(C)c2cccc3ccc4c5c(c[n+](c4c23)C1(C)CC)C1(CCCCC1)C(=O)C51CCCCC1. The smallest absolute Gasteiger partial charge is 0.221 e. The van der Waals surface area contributed by atoms with E-state index in [0.29, 0.717) is 5.78 Å². The van der Waals surface area contributed by atoms with Gasteiger partial charge < -0.3 is 0 Å². The van der Waals surface area contributed by atoms with Crippen molar-refractivity contribution in [2.45, 2.75) is 127 Å². The molecule has 36 heavy (non-hydrogen) atoms. The van der Waals surface area contributed by atoms with Crippen molar-refractivity contribution >= 4 is 27.5 Å². The molecule has 188 valence electrons. The monoisotopic (exact) mass is 480 g/mol. The van der Waals surface area contributed by atoms with Gasteiger partial charge in [-0.2, -0.15) is 4.57 Å². The first-order valence-corrected chi connectivity index (χ1v) is 14.9. The van der Waals surface area contributed by atoms with Gasteiger partial charge in [0, 0.05) is 18.9 Å². The molecule has 2 nitrogen and oxygen atoms in total. The minimum atomic E-state index is -0.263. The molecule has 2 heterocycles. The summed E-state index contributed by atoms with van der Waals surface area (Å²) in [5.41, 5.74) is 5.26. The van der Waals surface area contributed by atoms with Crippen LogP contribution in [0, 0.1) is 0 Å². The average molecular weight is 481 g/mol. The predicted octanol–water partition coefficient (Wildman–Crippen LogP) is 8.07. The Balaban J connectivity index is 1.69. The number of ketones is 1. The van der Waals surface area contributed by atoms with Crippen molar-refractivity contribution in [2.75, 3.05) is 0 Å². The standard InChI is InChI=1S/C34H42NO/c1-5-31(3)25-15-13-14-23-16-17-24-28-26(22-35(29(24)27(23)25)32(31,4)6-2)33(18-9-7-10-19-33)30(36)34(28)20-11-8-12-21-34/h13-17,22H,5-12,18-21H2,1-4H3/q+1. The Kier molecular flexibility index (Phi) is 4.73. The van der Waals surface area contributed by atoms with Crippen LogP contribution in [0.5, 0.6) is 0 Å². The summed E-state index contributed by atoms with van der Waals surface area (Å²) in [7, 11) is 0. The summed E-state index contributed by atoms with van der Waals surface area (Å²) in [5.74, 6) is 0.604. The maximum atomic E-state index is 14.8. The van der Waals surface area contributed by atoms with E-state index in [0.717, 1.165) is 38.5 Å². The fraction of sp³-hybridized carbons (Fsp3) is 0.588. The van der Waals surface area contributed by atoms with Crippen LogP contribution in [0.3, 0.4) is 0 Å². The molecular weight excluding hydrogens is 438 g/mol. The number of Topliss-reactive ketones (excluding diaryl/α,β-unsaturated/α-hetero) is 1. The third-order valence-corrected chi connectivity index (χ3v) is 12.0. The number of aromatic nitrogens is 1. The van der Waals surface area contributed by atoms with Gasteiger partial charge >= 0.3 is 0 Å². The van der Waals surface area contributed by atoms with Crippen LogP contribution >= 0.6 is 0 Å². The Hall–Kier alpha value is -2.22. The molecule has 2 fully saturated rings. The van der Waals surface area contributed by atoms with E-state index in [1.807, 2.05) is 0 Å². The van der Waals surface area contributed by atoms with E-state index in [9.17, 15) is 4.79 Å². The summed E-state index contributed by atoms with van der Waals surface area (Å²) < 4.78 is 2.70. The first-order valence-electron chi connectivity index (χ1n) is 14.9. The van der Waals surface area contributed by atoms with Gasteiger partial charge in [-0.25, -0.2) is 0 Å². The number of fused-ring (bicyclic) bond motifs is 4. The molecule has 2 heteroatoms. The lowest BCUT2D eigenvalue weighted by atomic mass is 9.61. The fourth-order valence-corrected chi connectivity index (χ4v) is 9.61. The lowest BCUT2D eigenvalue weighted by molar-refractivity contribution is -0.751. The molecule has 0 amide bonds. The van der Waals surface area contributed by atoms with Crippen LogP contribution in [0.4, 0.5) is 0 Å². The number of nitrogens with zero attached hydrogens (tertiary/aromatic N) is 1. The topological polar surface area (TPSA) is 20.9 Å². The van der Waals surface area contributed by atoms with Gasteiger partial charge in [0.2, 0.25) is 5.52 Å². The molecule has 2 unspecified atom stereocenters. The lowest BCUT2D eigenvalue weighted by Gasteiger charge is -2.45. The van der Waals surface area contributed by atoms with Crippen molar-refractivity contribution in [2.24, 2.45) is 0 Å². The zero-order chi connectivity index (χ0) is 24.9. The second-order valence-corrected chi connectivity index (χ2v) is 13.1. The second kappa shape index (κ2) is 7.42. The molecule has 1 aromatic heterocycles. The highest BCUT2D eigenvalue weighted by Crippen LogP contribution is 2.61. The van der Waals surface area contributed by atoms with Crippen molar-refractivity contribution in [1.82, 2.24) is 0 Å². The summed E-state index contributed by atoms with van der Waals surface area (Å²) >= 11 is 0. The molecule has 2 spiro atoms. The molecule has 4 aliphatic rings. The first kappa shape index (κ1) is 22.9. The molecule has 0 bridgehead atoms. The van der Waals surface area contributed by atoms with Gasteiger partial charge in [-0.15, -0.1) is 0 Å². The van der Waals surface area contributed by atoms with Gasteiger partial charge in [-0.3, -0.25) is 4.79 Å². The van der Waals surface area contributed by atoms with Gasteiger partial charge in [0.25, 0.3) is 0 Å². The van der Waals surface area contributed by atoms with E-state index >= 15 is 0 Å². The van der Waals surface area contributed by atoms with E-state index in [4.69, 9.17) is 0 Å². The Labute approximate surface area is 216 Å². The number of carbonyl (C=O) groups excluding carboxylic acids is 1. The average Bonchev–Trinajstić information content (AvgIpc) is 3.11. The van der Waals surface area contributed by atoms with Crippen LogP contribution in [0.25, 0.3) is 21.7 Å². The van der Waals surface area contributed by atoms with Crippen molar-refractivity contribution in [3.63, 3.8) is 0 Å². The molecule has 0 saturated heterocycles. The minimum absolute atomic E-state index is 0.0340. The first-order chi connectivity index (χ1) is 17.4. The Bertz CT molecular complexity index is 1420. The zero-order valence-electron chi connectivity index (χ0n) is 22.8. The quantitative estimate of drug-likeness (QED) is 0.268. The van der Waals surface area contributed by atoms with Crippen LogP contribution < -0.4 is 4.57 Å². The van der Waals surface area contributed by atoms with Crippen molar-refractivity contribution in [3.05, 3.63) is 53.2 Å². The van der Waals surface area contributed by atoms with Crippen LogP contribution in [0.15, 0.2) is 36.5 Å². The third-order valence-electron chi connectivity index (χ3n) is 12.0. The van der Waals surface area contributed by atoms with Gasteiger partial charge in [-0.05, 0) is 61.6 Å². The minimum Gasteiger partial charge on any atom is -0.298 e. The Morgan fingerprint density at radius 2 is 1.44 bits per heavy atom. The number of hydrogen-bond donors (Lipinski definition) is 0. The number of carbonyl (C=O) groups is 1. The Morgan fingerprint density at radius 1 is 0.778 bits per heavy atom. The number of benzene rings is 2. The molecule has 1 aliphatic heterocycles. The summed E-state index contributed by atoms with van der Waals surface area (Å²) in [6.45, 7) is 9.74. The summed E-state index contributed by atoms with van der Waals surface area (Å²) in [4.78, 5) is 14.8. The summed E-state index contributed by atoms with van der Waals surface area (Å²) in [6.07, 6.45) is 16.3. The summed E-state index contributed by atoms with van der Waals surface area (Å²) in [5, 5.41) is 4.18. The van der Waals surface area contributed by atoms with Crippen LogP contribution in [0.2, 0.25) is 0 Å². The maximum Gasteiger partial charge on any atom is 0.221 e. The molecule has 7 rings (SSSR count). The third kappa shape index (κ3) is 2.41. The Morgan fingerprint density at radius 3 is 2.08 bits per heavy atom. The molecular formula is C34H42NO+. The molecule has 2 atom stereocenters. The molecule has 0 radical (unpaired) electrons. The van der Waals surface area contributed by atoms with Crippen LogP contribution in [0.1, 0.15) is 121 Å². The lowest BCUT2D eigenvalue weighted by Crippen LogP contribution is -2.66. The number of pyridine rings is 1. The number of rotatable bonds is 2.